The van der Waals surface area contributed by atoms with Crippen LogP contribution in [0.1, 0.15) is 108 Å². The Kier molecular flexibility index (Phi) is 15.9. The van der Waals surface area contributed by atoms with Gasteiger partial charge in [-0.1, -0.05) is 54.8 Å². The van der Waals surface area contributed by atoms with Crippen LogP contribution in [0.3, 0.4) is 0 Å². The molecule has 6 rings (SSSR count). The van der Waals surface area contributed by atoms with E-state index in [4.69, 9.17) is 9.47 Å². The molecule has 2 aliphatic heterocycles. The summed E-state index contributed by atoms with van der Waals surface area (Å²) in [5.41, 5.74) is 1.35. The number of amides is 3. The molecule has 1 aromatic heterocycles. The minimum atomic E-state index is -2.11. The summed E-state index contributed by atoms with van der Waals surface area (Å²) in [5, 5.41) is 71.8. The van der Waals surface area contributed by atoms with E-state index in [1.807, 2.05) is 24.3 Å². The van der Waals surface area contributed by atoms with Crippen LogP contribution in [0.2, 0.25) is 0 Å². The van der Waals surface area contributed by atoms with Crippen LogP contribution in [-0.4, -0.2) is 120 Å². The maximum absolute atomic E-state index is 13.5. The van der Waals surface area contributed by atoms with Crippen LogP contribution in [0.15, 0.2) is 48.7 Å². The number of carbonyl (C=O) groups excluding carboxylic acids is 3. The van der Waals surface area contributed by atoms with E-state index < -0.39 is 66.8 Å². The number of aliphatic hydroxyl groups is 3. The highest BCUT2D eigenvalue weighted by atomic mass is 16.6. The highest BCUT2D eigenvalue weighted by Crippen LogP contribution is 2.36. The maximum atomic E-state index is 13.5. The number of hydrogen-bond acceptors (Lipinski definition) is 12. The van der Waals surface area contributed by atoms with Crippen molar-refractivity contribution in [2.24, 2.45) is 5.92 Å². The lowest BCUT2D eigenvalue weighted by Gasteiger charge is -2.47. The summed E-state index contributed by atoms with van der Waals surface area (Å²) in [5.74, 6) is -2.14. The monoisotopic (exact) mass is 860 g/mol. The number of nitrogens with zero attached hydrogens (tertiary/aromatic N) is 3. The highest BCUT2D eigenvalue weighted by molar-refractivity contribution is 5.95. The Morgan fingerprint density at radius 1 is 0.984 bits per heavy atom. The second-order valence-corrected chi connectivity index (χ2v) is 17.0. The van der Waals surface area contributed by atoms with Gasteiger partial charge in [-0.3, -0.25) is 14.4 Å². The first-order valence-electron chi connectivity index (χ1n) is 21.5. The van der Waals surface area contributed by atoms with Gasteiger partial charge in [0, 0.05) is 63.2 Å². The maximum Gasteiger partial charge on any atom is 0.336 e. The van der Waals surface area contributed by atoms with Crippen molar-refractivity contribution in [3.8, 4) is 5.75 Å². The summed E-state index contributed by atoms with van der Waals surface area (Å²) in [6.07, 6.45) is 4.76. The summed E-state index contributed by atoms with van der Waals surface area (Å²) >= 11 is 0. The highest BCUT2D eigenvalue weighted by Gasteiger charge is 2.54. The number of aryl methyl sites for hydroxylation is 2. The standard InChI is InChI=1S/C45H60N6O11/c1-27-18-33(19-28(2)40(27)56)43(58)47-24-36(53)41(57)42-39(48-38(55)26-51-25-34(49-50-51)32-11-4-3-5-12-32)35(52)22-45(62-42,44(59)60)15-7-10-29-8-6-9-31(20-29)23-46-37(54)21-30-13-16-61-17-14-30/h6-10,18-20,25,30,32,35-36,39,41-42,52-53,56-57H,3-5,11-17,21-24,26H2,1-2H3,(H,46,54)(H,47,58)(H,48,55)(H,59,60)/b10-7+/t35-,36+,39+,41+,42+,45+/m0/s1. The SMILES string of the molecule is Cc1cc(C(=O)NC[C@@H](O)[C@@H](O)[C@@H]2O[C@@](C/C=C/c3cccc(CNC(=O)CC4CCOCC4)c3)(C(=O)O)C[C@H](O)[C@H]2NC(=O)Cn2cc(C3CCCCC3)nn2)cc(C)c1O. The van der Waals surface area contributed by atoms with Gasteiger partial charge in [0.1, 0.15) is 24.5 Å². The predicted molar refractivity (Wildman–Crippen MR) is 226 cm³/mol. The first kappa shape index (κ1) is 46.3. The van der Waals surface area contributed by atoms with Gasteiger partial charge in [0.05, 0.1) is 23.9 Å². The number of aliphatic carboxylic acids is 1. The van der Waals surface area contributed by atoms with Gasteiger partial charge in [-0.15, -0.1) is 5.10 Å². The summed E-state index contributed by atoms with van der Waals surface area (Å²) in [4.78, 5) is 52.2. The molecule has 17 nitrogen and oxygen atoms in total. The first-order valence-corrected chi connectivity index (χ1v) is 21.5. The molecule has 62 heavy (non-hydrogen) atoms. The molecule has 1 saturated carbocycles. The van der Waals surface area contributed by atoms with Gasteiger partial charge in [0.25, 0.3) is 5.91 Å². The summed E-state index contributed by atoms with van der Waals surface area (Å²) < 4.78 is 13.0. The Morgan fingerprint density at radius 2 is 1.71 bits per heavy atom. The number of carboxylic acid groups (broad SMARTS) is 1. The van der Waals surface area contributed by atoms with Crippen LogP contribution >= 0.6 is 0 Å². The molecule has 1 aliphatic carbocycles. The molecule has 3 heterocycles. The minimum Gasteiger partial charge on any atom is -0.507 e. The van der Waals surface area contributed by atoms with Crippen LogP contribution in [-0.2, 0) is 36.9 Å². The third kappa shape index (κ3) is 12.0. The number of aromatic nitrogens is 3. The summed E-state index contributed by atoms with van der Waals surface area (Å²) in [7, 11) is 0. The number of phenolic OH excluding ortho intramolecular Hbond substituents is 1. The van der Waals surface area contributed by atoms with Crippen molar-refractivity contribution in [1.29, 1.82) is 0 Å². The number of aliphatic hydroxyl groups excluding tert-OH is 3. The molecular formula is C45H60N6O11. The van der Waals surface area contributed by atoms with Crippen LogP contribution < -0.4 is 16.0 Å². The number of rotatable bonds is 17. The van der Waals surface area contributed by atoms with Crippen LogP contribution in [0, 0.1) is 19.8 Å². The Balaban J connectivity index is 1.15. The van der Waals surface area contributed by atoms with E-state index >= 15 is 0 Å². The fourth-order valence-corrected chi connectivity index (χ4v) is 8.64. The molecule has 0 bridgehead atoms. The van der Waals surface area contributed by atoms with Crippen molar-refractivity contribution in [2.45, 2.75) is 133 Å². The molecule has 0 spiro atoms. The number of phenols is 1. The summed E-state index contributed by atoms with van der Waals surface area (Å²) in [6, 6.07) is 8.90. The van der Waals surface area contributed by atoms with Gasteiger partial charge in [-0.2, -0.15) is 0 Å². The lowest BCUT2D eigenvalue weighted by molar-refractivity contribution is -0.226. The molecule has 3 amide bonds. The smallest absolute Gasteiger partial charge is 0.336 e. The molecule has 2 aromatic carbocycles. The van der Waals surface area contributed by atoms with E-state index in [0.717, 1.165) is 56.2 Å². The van der Waals surface area contributed by atoms with Crippen molar-refractivity contribution >= 4 is 29.8 Å². The fourth-order valence-electron chi connectivity index (χ4n) is 8.64. The van der Waals surface area contributed by atoms with Gasteiger partial charge in [0.2, 0.25) is 11.8 Å². The molecule has 0 radical (unpaired) electrons. The van der Waals surface area contributed by atoms with E-state index in [0.29, 0.717) is 48.8 Å². The number of aromatic hydroxyl groups is 1. The van der Waals surface area contributed by atoms with Gasteiger partial charge in [0.15, 0.2) is 5.60 Å². The molecule has 3 aromatic rings. The minimum absolute atomic E-state index is 0.0406. The van der Waals surface area contributed by atoms with Gasteiger partial charge in [-0.05, 0) is 85.9 Å². The third-order valence-electron chi connectivity index (χ3n) is 12.2. The molecule has 8 N–H and O–H groups in total. The molecule has 3 aliphatic rings. The van der Waals surface area contributed by atoms with E-state index in [9.17, 15) is 44.7 Å². The van der Waals surface area contributed by atoms with Crippen LogP contribution in [0.25, 0.3) is 6.08 Å². The van der Waals surface area contributed by atoms with Gasteiger partial charge < -0.3 is 51.0 Å². The van der Waals surface area contributed by atoms with Gasteiger partial charge in [-0.25, -0.2) is 9.48 Å². The number of carbonyl (C=O) groups is 4. The van der Waals surface area contributed by atoms with Crippen molar-refractivity contribution in [1.82, 2.24) is 30.9 Å². The van der Waals surface area contributed by atoms with E-state index in [1.54, 1.807) is 32.2 Å². The average molecular weight is 861 g/mol. The number of nitrogens with one attached hydrogen (secondary N) is 3. The van der Waals surface area contributed by atoms with Gasteiger partial charge >= 0.3 is 5.97 Å². The van der Waals surface area contributed by atoms with Crippen molar-refractivity contribution in [2.75, 3.05) is 19.8 Å². The largest absolute Gasteiger partial charge is 0.507 e. The zero-order valence-electron chi connectivity index (χ0n) is 35.4. The lowest BCUT2D eigenvalue weighted by Crippen LogP contribution is -2.67. The Labute approximate surface area is 360 Å². The molecule has 2 saturated heterocycles. The molecule has 336 valence electrons. The summed E-state index contributed by atoms with van der Waals surface area (Å²) in [6.45, 7) is 4.10. The Morgan fingerprint density at radius 3 is 2.42 bits per heavy atom. The normalized spacial score (nSPS) is 23.4. The van der Waals surface area contributed by atoms with Crippen molar-refractivity contribution < 1.29 is 54.2 Å². The molecule has 3 fully saturated rings. The number of hydrogen-bond donors (Lipinski definition) is 8. The van der Waals surface area contributed by atoms with E-state index in [-0.39, 0.29) is 36.1 Å². The van der Waals surface area contributed by atoms with Crippen molar-refractivity contribution in [3.63, 3.8) is 0 Å². The topological polar surface area (TPSA) is 255 Å². The third-order valence-corrected chi connectivity index (χ3v) is 12.2. The number of ether oxygens (including phenoxy) is 2. The molecule has 0 unspecified atom stereocenters. The van der Waals surface area contributed by atoms with E-state index in [2.05, 4.69) is 26.3 Å². The average Bonchev–Trinajstić information content (AvgIpc) is 3.73. The zero-order valence-corrected chi connectivity index (χ0v) is 35.4. The molecule has 6 atom stereocenters. The second kappa shape index (κ2) is 21.3. The van der Waals surface area contributed by atoms with Crippen molar-refractivity contribution in [3.05, 3.63) is 82.2 Å². The predicted octanol–water partition coefficient (Wildman–Crippen LogP) is 2.79. The second-order valence-electron chi connectivity index (χ2n) is 17.0. The van der Waals surface area contributed by atoms with Crippen LogP contribution in [0.4, 0.5) is 0 Å². The van der Waals surface area contributed by atoms with Crippen LogP contribution in [0.5, 0.6) is 5.75 Å². The number of carboxylic acids is 1. The zero-order chi connectivity index (χ0) is 44.4. The first-order chi connectivity index (χ1) is 29.7. The lowest BCUT2D eigenvalue weighted by atomic mass is 9.81. The molecule has 17 heteroatoms. The number of benzene rings is 2. The Bertz CT molecular complexity index is 2040. The quantitative estimate of drug-likeness (QED) is 0.0974. The molecular weight excluding hydrogens is 801 g/mol. The fraction of sp³-hybridized carbons (Fsp3) is 0.556. The Hall–Kier alpha value is -5.20. The van der Waals surface area contributed by atoms with E-state index in [1.165, 1.54) is 16.8 Å².